The van der Waals surface area contributed by atoms with E-state index in [4.69, 9.17) is 4.42 Å². The highest BCUT2D eigenvalue weighted by Gasteiger charge is 2.12. The van der Waals surface area contributed by atoms with Crippen LogP contribution in [0, 0.1) is 6.92 Å². The summed E-state index contributed by atoms with van der Waals surface area (Å²) in [5.74, 6) is 1.79. The highest BCUT2D eigenvalue weighted by Crippen LogP contribution is 2.24. The average molecular weight is 247 g/mol. The van der Waals surface area contributed by atoms with Crippen molar-refractivity contribution >= 4 is 0 Å². The maximum atomic E-state index is 5.86. The lowest BCUT2D eigenvalue weighted by Gasteiger charge is -2.09. The molecule has 0 radical (unpaired) electrons. The second kappa shape index (κ2) is 5.40. The van der Waals surface area contributed by atoms with Crippen LogP contribution in [0.25, 0.3) is 11.5 Å². The number of aromatic nitrogens is 2. The van der Waals surface area contributed by atoms with Crippen molar-refractivity contribution in [3.8, 4) is 11.5 Å². The summed E-state index contributed by atoms with van der Waals surface area (Å²) < 4.78 is 7.72. The molecule has 2 rings (SSSR count). The van der Waals surface area contributed by atoms with E-state index in [1.165, 1.54) is 0 Å². The summed E-state index contributed by atoms with van der Waals surface area (Å²) in [7, 11) is 1.94. The average Bonchev–Trinajstić information content (AvgIpc) is 2.94. The molecule has 0 bridgehead atoms. The van der Waals surface area contributed by atoms with Crippen molar-refractivity contribution in [2.45, 2.75) is 33.2 Å². The minimum atomic E-state index is 0.239. The Morgan fingerprint density at radius 2 is 2.22 bits per heavy atom. The van der Waals surface area contributed by atoms with Crippen molar-refractivity contribution in [3.63, 3.8) is 0 Å². The highest BCUT2D eigenvalue weighted by molar-refractivity contribution is 5.52. The van der Waals surface area contributed by atoms with Crippen molar-refractivity contribution in [3.05, 3.63) is 29.7 Å². The fraction of sp³-hybridized carbons (Fsp3) is 0.500. The number of aryl methyl sites for hydroxylation is 2. The standard InChI is InChI=1S/C14H21N3O/c1-5-8-15-11(3)13-6-7-14(18-13)12-9-10(2)17(4)16-12/h6-7,9,11,15H,5,8H2,1-4H3. The zero-order valence-electron chi connectivity index (χ0n) is 11.5. The minimum absolute atomic E-state index is 0.239. The van der Waals surface area contributed by atoms with E-state index in [-0.39, 0.29) is 6.04 Å². The Hall–Kier alpha value is -1.55. The summed E-state index contributed by atoms with van der Waals surface area (Å²) in [6.45, 7) is 7.30. The molecule has 0 aliphatic heterocycles. The SMILES string of the molecule is CCCNC(C)c1ccc(-c2cc(C)n(C)n2)o1. The quantitative estimate of drug-likeness (QED) is 0.883. The Labute approximate surface area is 108 Å². The summed E-state index contributed by atoms with van der Waals surface area (Å²) >= 11 is 0. The number of nitrogens with one attached hydrogen (secondary N) is 1. The van der Waals surface area contributed by atoms with E-state index in [1.54, 1.807) is 0 Å². The maximum Gasteiger partial charge on any atom is 0.154 e. The summed E-state index contributed by atoms with van der Waals surface area (Å²) in [6.07, 6.45) is 1.12. The van der Waals surface area contributed by atoms with Gasteiger partial charge in [-0.15, -0.1) is 0 Å². The monoisotopic (exact) mass is 247 g/mol. The first-order chi connectivity index (χ1) is 8.61. The van der Waals surface area contributed by atoms with E-state index >= 15 is 0 Å². The Bertz CT molecular complexity index is 493. The fourth-order valence-corrected chi connectivity index (χ4v) is 1.87. The van der Waals surface area contributed by atoms with Crippen LogP contribution < -0.4 is 5.32 Å². The summed E-state index contributed by atoms with van der Waals surface area (Å²) in [6, 6.07) is 6.28. The first-order valence-corrected chi connectivity index (χ1v) is 6.46. The molecule has 1 atom stereocenters. The molecular formula is C14H21N3O. The summed E-state index contributed by atoms with van der Waals surface area (Å²) in [4.78, 5) is 0. The molecule has 1 N–H and O–H groups in total. The van der Waals surface area contributed by atoms with Crippen LogP contribution in [0.3, 0.4) is 0 Å². The van der Waals surface area contributed by atoms with Gasteiger partial charge in [0.05, 0.1) is 6.04 Å². The Morgan fingerprint density at radius 3 is 2.83 bits per heavy atom. The molecule has 2 aromatic rings. The van der Waals surface area contributed by atoms with Gasteiger partial charge in [0, 0.05) is 12.7 Å². The zero-order valence-corrected chi connectivity index (χ0v) is 11.5. The number of rotatable bonds is 5. The van der Waals surface area contributed by atoms with Crippen LogP contribution in [0.1, 0.15) is 37.8 Å². The number of furan rings is 1. The van der Waals surface area contributed by atoms with E-state index in [9.17, 15) is 0 Å². The molecule has 0 aliphatic carbocycles. The first-order valence-electron chi connectivity index (χ1n) is 6.46. The molecule has 0 saturated heterocycles. The van der Waals surface area contributed by atoms with Gasteiger partial charge < -0.3 is 9.73 Å². The molecule has 0 saturated carbocycles. The van der Waals surface area contributed by atoms with E-state index in [0.717, 1.165) is 35.9 Å². The van der Waals surface area contributed by atoms with Gasteiger partial charge in [-0.05, 0) is 45.0 Å². The van der Waals surface area contributed by atoms with Gasteiger partial charge in [-0.25, -0.2) is 0 Å². The third-order valence-corrected chi connectivity index (χ3v) is 3.12. The molecule has 0 amide bonds. The third kappa shape index (κ3) is 2.64. The van der Waals surface area contributed by atoms with Crippen LogP contribution in [0.15, 0.2) is 22.6 Å². The van der Waals surface area contributed by atoms with Crippen LogP contribution in [0.2, 0.25) is 0 Å². The molecule has 18 heavy (non-hydrogen) atoms. The largest absolute Gasteiger partial charge is 0.458 e. The molecule has 1 unspecified atom stereocenters. The molecular weight excluding hydrogens is 226 g/mol. The Kier molecular flexibility index (Phi) is 3.87. The van der Waals surface area contributed by atoms with Gasteiger partial charge in [0.25, 0.3) is 0 Å². The predicted octanol–water partition coefficient (Wildman–Crippen LogP) is 3.05. The summed E-state index contributed by atoms with van der Waals surface area (Å²) in [5.41, 5.74) is 2.02. The van der Waals surface area contributed by atoms with Gasteiger partial charge >= 0.3 is 0 Å². The Balaban J connectivity index is 2.14. The molecule has 0 aromatic carbocycles. The third-order valence-electron chi connectivity index (χ3n) is 3.12. The van der Waals surface area contributed by atoms with Gasteiger partial charge in [-0.2, -0.15) is 5.10 Å². The van der Waals surface area contributed by atoms with Crippen LogP contribution in [-0.2, 0) is 7.05 Å². The van der Waals surface area contributed by atoms with E-state index in [2.05, 4.69) is 24.3 Å². The van der Waals surface area contributed by atoms with Gasteiger partial charge in [0.1, 0.15) is 11.5 Å². The van der Waals surface area contributed by atoms with Crippen molar-refractivity contribution in [1.82, 2.24) is 15.1 Å². The lowest BCUT2D eigenvalue weighted by molar-refractivity contribution is 0.437. The number of hydrogen-bond acceptors (Lipinski definition) is 3. The fourth-order valence-electron chi connectivity index (χ4n) is 1.87. The molecule has 0 aliphatic rings. The van der Waals surface area contributed by atoms with Crippen LogP contribution in [-0.4, -0.2) is 16.3 Å². The molecule has 4 nitrogen and oxygen atoms in total. The molecule has 2 aromatic heterocycles. The molecule has 0 spiro atoms. The van der Waals surface area contributed by atoms with Crippen LogP contribution >= 0.6 is 0 Å². The van der Waals surface area contributed by atoms with Crippen molar-refractivity contribution in [2.75, 3.05) is 6.54 Å². The lowest BCUT2D eigenvalue weighted by Crippen LogP contribution is -2.18. The maximum absolute atomic E-state index is 5.86. The molecule has 0 fully saturated rings. The number of hydrogen-bond donors (Lipinski definition) is 1. The normalized spacial score (nSPS) is 12.9. The van der Waals surface area contributed by atoms with Crippen LogP contribution in [0.5, 0.6) is 0 Å². The van der Waals surface area contributed by atoms with Crippen molar-refractivity contribution in [2.24, 2.45) is 7.05 Å². The second-order valence-electron chi connectivity index (χ2n) is 4.67. The molecule has 4 heteroatoms. The van der Waals surface area contributed by atoms with Crippen LogP contribution in [0.4, 0.5) is 0 Å². The smallest absolute Gasteiger partial charge is 0.154 e. The van der Waals surface area contributed by atoms with Gasteiger partial charge in [0.15, 0.2) is 5.76 Å². The van der Waals surface area contributed by atoms with E-state index in [0.29, 0.717) is 0 Å². The topological polar surface area (TPSA) is 43.0 Å². The second-order valence-corrected chi connectivity index (χ2v) is 4.67. The predicted molar refractivity (Wildman–Crippen MR) is 72.4 cm³/mol. The van der Waals surface area contributed by atoms with Crippen molar-refractivity contribution < 1.29 is 4.42 Å². The number of nitrogens with zero attached hydrogens (tertiary/aromatic N) is 2. The molecule has 98 valence electrons. The van der Waals surface area contributed by atoms with Gasteiger partial charge in [-0.3, -0.25) is 4.68 Å². The minimum Gasteiger partial charge on any atom is -0.458 e. The zero-order chi connectivity index (χ0) is 13.1. The van der Waals surface area contributed by atoms with Gasteiger partial charge in [0.2, 0.25) is 0 Å². The van der Waals surface area contributed by atoms with Crippen molar-refractivity contribution in [1.29, 1.82) is 0 Å². The highest BCUT2D eigenvalue weighted by atomic mass is 16.3. The summed E-state index contributed by atoms with van der Waals surface area (Å²) in [5, 5.41) is 7.83. The van der Waals surface area contributed by atoms with Gasteiger partial charge in [-0.1, -0.05) is 6.92 Å². The first kappa shape index (κ1) is 12.9. The van der Waals surface area contributed by atoms with E-state index < -0.39 is 0 Å². The Morgan fingerprint density at radius 1 is 1.44 bits per heavy atom. The lowest BCUT2D eigenvalue weighted by atomic mass is 10.2. The molecule has 2 heterocycles. The van der Waals surface area contributed by atoms with E-state index in [1.807, 2.05) is 36.9 Å².